The Morgan fingerprint density at radius 3 is 2.57 bits per heavy atom. The highest BCUT2D eigenvalue weighted by Crippen LogP contribution is 2.21. The van der Waals surface area contributed by atoms with Gasteiger partial charge in [-0.05, 0) is 38.8 Å². The number of aromatic nitrogens is 2. The van der Waals surface area contributed by atoms with Crippen LogP contribution in [-0.2, 0) is 4.79 Å². The fraction of sp³-hybridized carbons (Fsp3) is 0.421. The number of piperidine rings is 1. The predicted octanol–water partition coefficient (Wildman–Crippen LogP) is 2.17. The Bertz CT molecular complexity index is 852. The van der Waals surface area contributed by atoms with Gasteiger partial charge >= 0.3 is 0 Å². The van der Waals surface area contributed by atoms with Gasteiger partial charge in [0, 0.05) is 24.8 Å². The van der Waals surface area contributed by atoms with E-state index in [4.69, 9.17) is 0 Å². The Balaban J connectivity index is 1.63. The van der Waals surface area contributed by atoms with E-state index in [-0.39, 0.29) is 33.8 Å². The van der Waals surface area contributed by atoms with Crippen LogP contribution in [0.25, 0.3) is 0 Å². The molecule has 3 rings (SSSR count). The van der Waals surface area contributed by atoms with Gasteiger partial charge in [0.05, 0.1) is 5.92 Å². The molecule has 148 valence electrons. The Hall–Kier alpha value is -2.81. The summed E-state index contributed by atoms with van der Waals surface area (Å²) in [4.78, 5) is 38.9. The molecule has 28 heavy (non-hydrogen) atoms. The van der Waals surface area contributed by atoms with Crippen LogP contribution < -0.4 is 10.6 Å². The summed E-state index contributed by atoms with van der Waals surface area (Å²) >= 11 is 0.956. The van der Waals surface area contributed by atoms with E-state index >= 15 is 0 Å². The first kappa shape index (κ1) is 19.9. The minimum Gasteiger partial charge on any atom is -0.354 e. The Labute approximate surface area is 167 Å². The number of para-hydroxylation sites is 1. The number of nitrogens with zero attached hydrogens (tertiary/aromatic N) is 3. The quantitative estimate of drug-likeness (QED) is 0.799. The van der Waals surface area contributed by atoms with Crippen molar-refractivity contribution in [1.82, 2.24) is 20.4 Å². The van der Waals surface area contributed by atoms with Gasteiger partial charge in [-0.3, -0.25) is 14.4 Å². The molecule has 1 atom stereocenters. The molecule has 9 heteroatoms. The lowest BCUT2D eigenvalue weighted by Crippen LogP contribution is -2.46. The van der Waals surface area contributed by atoms with E-state index in [1.807, 2.05) is 32.0 Å². The molecule has 2 N–H and O–H groups in total. The summed E-state index contributed by atoms with van der Waals surface area (Å²) in [6.45, 7) is 4.73. The summed E-state index contributed by atoms with van der Waals surface area (Å²) in [6.07, 6.45) is 1.51. The molecule has 2 heterocycles. The molecule has 8 nitrogen and oxygen atoms in total. The van der Waals surface area contributed by atoms with Gasteiger partial charge in [0.25, 0.3) is 11.8 Å². The standard InChI is InChI=1S/C19H23N5O3S/c1-12(2)20-15(25)13-7-6-10-24(11-13)19(27)18-23-22-17(28-18)16(26)21-14-8-4-3-5-9-14/h3-5,8-9,12-13H,6-7,10-11H2,1-2H3,(H,20,25)(H,21,26)/t13-/m1/s1. The van der Waals surface area contributed by atoms with Crippen molar-refractivity contribution >= 4 is 34.7 Å². The molecule has 0 bridgehead atoms. The molecule has 0 saturated carbocycles. The van der Waals surface area contributed by atoms with Gasteiger partial charge in [-0.25, -0.2) is 0 Å². The van der Waals surface area contributed by atoms with E-state index in [0.29, 0.717) is 18.8 Å². The van der Waals surface area contributed by atoms with E-state index in [0.717, 1.165) is 24.2 Å². The summed E-state index contributed by atoms with van der Waals surface area (Å²) in [5.74, 6) is -0.963. The van der Waals surface area contributed by atoms with Crippen LogP contribution in [0.15, 0.2) is 30.3 Å². The normalized spacial score (nSPS) is 16.7. The minimum absolute atomic E-state index is 0.0345. The monoisotopic (exact) mass is 401 g/mol. The van der Waals surface area contributed by atoms with Crippen LogP contribution in [0, 0.1) is 5.92 Å². The molecule has 0 unspecified atom stereocenters. The lowest BCUT2D eigenvalue weighted by molar-refractivity contribution is -0.126. The van der Waals surface area contributed by atoms with Crippen molar-refractivity contribution in [1.29, 1.82) is 0 Å². The average molecular weight is 401 g/mol. The third-order valence-corrected chi connectivity index (χ3v) is 5.25. The van der Waals surface area contributed by atoms with Crippen molar-refractivity contribution in [3.05, 3.63) is 40.3 Å². The van der Waals surface area contributed by atoms with Gasteiger partial charge in [0.15, 0.2) is 0 Å². The van der Waals surface area contributed by atoms with Crippen LogP contribution in [0.1, 0.15) is 46.3 Å². The Kier molecular flexibility index (Phi) is 6.35. The lowest BCUT2D eigenvalue weighted by atomic mass is 9.97. The maximum Gasteiger partial charge on any atom is 0.286 e. The first-order chi connectivity index (χ1) is 13.4. The number of amides is 3. The average Bonchev–Trinajstić information content (AvgIpc) is 3.18. The number of rotatable bonds is 5. The van der Waals surface area contributed by atoms with Crippen molar-refractivity contribution in [2.45, 2.75) is 32.7 Å². The van der Waals surface area contributed by atoms with Gasteiger partial charge in [-0.2, -0.15) is 0 Å². The second-order valence-electron chi connectivity index (χ2n) is 6.99. The Morgan fingerprint density at radius 2 is 1.86 bits per heavy atom. The number of anilines is 1. The summed E-state index contributed by atoms with van der Waals surface area (Å²) in [6, 6.07) is 9.07. The van der Waals surface area contributed by atoms with Gasteiger partial charge in [0.1, 0.15) is 0 Å². The second-order valence-corrected chi connectivity index (χ2v) is 7.96. The predicted molar refractivity (Wildman–Crippen MR) is 106 cm³/mol. The third kappa shape index (κ3) is 4.92. The minimum atomic E-state index is -0.407. The highest BCUT2D eigenvalue weighted by molar-refractivity contribution is 7.15. The molecular formula is C19H23N5O3S. The first-order valence-electron chi connectivity index (χ1n) is 9.23. The van der Waals surface area contributed by atoms with E-state index in [1.165, 1.54) is 0 Å². The number of carbonyl (C=O) groups is 3. The largest absolute Gasteiger partial charge is 0.354 e. The molecule has 1 aromatic carbocycles. The van der Waals surface area contributed by atoms with Crippen molar-refractivity contribution < 1.29 is 14.4 Å². The van der Waals surface area contributed by atoms with E-state index in [1.54, 1.807) is 17.0 Å². The van der Waals surface area contributed by atoms with Crippen molar-refractivity contribution in [3.8, 4) is 0 Å². The number of benzene rings is 1. The second kappa shape index (κ2) is 8.92. The van der Waals surface area contributed by atoms with Crippen molar-refractivity contribution in [2.24, 2.45) is 5.92 Å². The topological polar surface area (TPSA) is 104 Å². The molecule has 1 aliphatic rings. The molecule has 0 spiro atoms. The fourth-order valence-electron chi connectivity index (χ4n) is 3.02. The summed E-state index contributed by atoms with van der Waals surface area (Å²) in [7, 11) is 0. The molecule has 1 aromatic heterocycles. The number of hydrogen-bond acceptors (Lipinski definition) is 6. The van der Waals surface area contributed by atoms with Gasteiger partial charge < -0.3 is 15.5 Å². The number of carbonyl (C=O) groups excluding carboxylic acids is 3. The molecule has 1 fully saturated rings. The highest BCUT2D eigenvalue weighted by atomic mass is 32.1. The van der Waals surface area contributed by atoms with Gasteiger partial charge in [-0.15, -0.1) is 10.2 Å². The van der Waals surface area contributed by atoms with Gasteiger partial charge in [-0.1, -0.05) is 29.5 Å². The molecule has 0 radical (unpaired) electrons. The number of likely N-dealkylation sites (tertiary alicyclic amines) is 1. The van der Waals surface area contributed by atoms with E-state index in [9.17, 15) is 14.4 Å². The third-order valence-electron chi connectivity index (χ3n) is 4.34. The maximum absolute atomic E-state index is 12.8. The molecule has 1 saturated heterocycles. The zero-order valence-corrected chi connectivity index (χ0v) is 16.7. The summed E-state index contributed by atoms with van der Waals surface area (Å²) in [5, 5.41) is 13.6. The number of nitrogens with one attached hydrogen (secondary N) is 2. The fourth-order valence-corrected chi connectivity index (χ4v) is 3.73. The maximum atomic E-state index is 12.8. The van der Waals surface area contributed by atoms with Crippen LogP contribution in [-0.4, -0.2) is 52.0 Å². The zero-order chi connectivity index (χ0) is 20.1. The molecular weight excluding hydrogens is 378 g/mol. The Morgan fingerprint density at radius 1 is 1.14 bits per heavy atom. The molecule has 3 amide bonds. The van der Waals surface area contributed by atoms with Crippen molar-refractivity contribution in [2.75, 3.05) is 18.4 Å². The first-order valence-corrected chi connectivity index (χ1v) is 10.0. The summed E-state index contributed by atoms with van der Waals surface area (Å²) < 4.78 is 0. The molecule has 0 aliphatic carbocycles. The highest BCUT2D eigenvalue weighted by Gasteiger charge is 2.31. The van der Waals surface area contributed by atoms with Crippen LogP contribution in [0.2, 0.25) is 0 Å². The van der Waals surface area contributed by atoms with Crippen molar-refractivity contribution in [3.63, 3.8) is 0 Å². The van der Waals surface area contributed by atoms with E-state index in [2.05, 4.69) is 20.8 Å². The van der Waals surface area contributed by atoms with Gasteiger partial charge in [0.2, 0.25) is 15.9 Å². The lowest BCUT2D eigenvalue weighted by Gasteiger charge is -2.31. The zero-order valence-electron chi connectivity index (χ0n) is 15.8. The summed E-state index contributed by atoms with van der Waals surface area (Å²) in [5.41, 5.74) is 0.644. The van der Waals surface area contributed by atoms with Crippen LogP contribution in [0.3, 0.4) is 0 Å². The van der Waals surface area contributed by atoms with Crippen LogP contribution in [0.5, 0.6) is 0 Å². The smallest absolute Gasteiger partial charge is 0.286 e. The SMILES string of the molecule is CC(C)NC(=O)[C@@H]1CCCN(C(=O)c2nnc(C(=O)Nc3ccccc3)s2)C1. The number of hydrogen-bond donors (Lipinski definition) is 2. The van der Waals surface area contributed by atoms with E-state index < -0.39 is 5.91 Å². The molecule has 2 aromatic rings. The van der Waals surface area contributed by atoms with Crippen LogP contribution in [0.4, 0.5) is 5.69 Å². The molecule has 1 aliphatic heterocycles. The van der Waals surface area contributed by atoms with Crippen LogP contribution >= 0.6 is 11.3 Å².